The molecule has 0 bridgehead atoms. The number of rotatable bonds is 6. The maximum Gasteiger partial charge on any atom is 0.325 e. The second-order valence-electron chi connectivity index (χ2n) is 6.25. The maximum absolute atomic E-state index is 12.5. The lowest BCUT2D eigenvalue weighted by atomic mass is 10.1. The standard InChI is InChI=1S/C18H21N5O2/c1-13(2)23-12-15(20-21-23)11-16-17(24)22(18(25)19-16)10-6-9-14-7-4-3-5-8-14/h3-9,12-13,16H,10-11H2,1-2H3,(H,19,25)/b9-6+. The highest BCUT2D eigenvalue weighted by Crippen LogP contribution is 2.12. The Kier molecular flexibility index (Phi) is 4.92. The van der Waals surface area contributed by atoms with Gasteiger partial charge in [0.15, 0.2) is 0 Å². The molecule has 3 amide bonds. The van der Waals surface area contributed by atoms with E-state index in [-0.39, 0.29) is 24.5 Å². The molecule has 7 heteroatoms. The van der Waals surface area contributed by atoms with Crippen LogP contribution in [0.25, 0.3) is 6.08 Å². The molecule has 0 aliphatic carbocycles. The summed E-state index contributed by atoms with van der Waals surface area (Å²) in [7, 11) is 0. The topological polar surface area (TPSA) is 80.1 Å². The molecule has 0 radical (unpaired) electrons. The number of nitrogens with zero attached hydrogens (tertiary/aromatic N) is 4. The van der Waals surface area contributed by atoms with Crippen LogP contribution in [-0.2, 0) is 11.2 Å². The first kappa shape index (κ1) is 16.9. The molecular formula is C18H21N5O2. The first-order valence-corrected chi connectivity index (χ1v) is 8.29. The number of imide groups is 1. The van der Waals surface area contributed by atoms with E-state index in [0.29, 0.717) is 12.1 Å². The SMILES string of the molecule is CC(C)n1cc(CC2NC(=O)N(C/C=C/c3ccccc3)C2=O)nn1. The van der Waals surface area contributed by atoms with Crippen molar-refractivity contribution in [3.8, 4) is 0 Å². The number of aromatic nitrogens is 3. The van der Waals surface area contributed by atoms with Crippen molar-refractivity contribution in [3.05, 3.63) is 53.9 Å². The normalized spacial score (nSPS) is 17.7. The number of carbonyl (C=O) groups excluding carboxylic acids is 2. The molecule has 130 valence electrons. The van der Waals surface area contributed by atoms with Gasteiger partial charge in [0.2, 0.25) is 0 Å². The molecule has 1 aliphatic heterocycles. The number of carbonyl (C=O) groups is 2. The van der Waals surface area contributed by atoms with Gasteiger partial charge >= 0.3 is 6.03 Å². The number of hydrogen-bond donors (Lipinski definition) is 1. The van der Waals surface area contributed by atoms with E-state index >= 15 is 0 Å². The third kappa shape index (κ3) is 3.93. The lowest BCUT2D eigenvalue weighted by Crippen LogP contribution is -2.32. The second-order valence-corrected chi connectivity index (χ2v) is 6.25. The molecule has 1 saturated heterocycles. The van der Waals surface area contributed by atoms with E-state index in [1.54, 1.807) is 4.68 Å². The van der Waals surface area contributed by atoms with Crippen molar-refractivity contribution in [3.63, 3.8) is 0 Å². The van der Waals surface area contributed by atoms with E-state index in [4.69, 9.17) is 0 Å². The Labute approximate surface area is 146 Å². The van der Waals surface area contributed by atoms with Crippen LogP contribution in [0.2, 0.25) is 0 Å². The van der Waals surface area contributed by atoms with Crippen LogP contribution >= 0.6 is 0 Å². The first-order valence-electron chi connectivity index (χ1n) is 8.29. The number of hydrogen-bond acceptors (Lipinski definition) is 4. The fraction of sp³-hybridized carbons (Fsp3) is 0.333. The Hall–Kier alpha value is -2.96. The van der Waals surface area contributed by atoms with E-state index in [1.165, 1.54) is 4.90 Å². The highest BCUT2D eigenvalue weighted by atomic mass is 16.2. The molecular weight excluding hydrogens is 318 g/mol. The zero-order chi connectivity index (χ0) is 17.8. The Morgan fingerprint density at radius 3 is 2.68 bits per heavy atom. The largest absolute Gasteiger partial charge is 0.325 e. The highest BCUT2D eigenvalue weighted by molar-refractivity contribution is 6.04. The minimum atomic E-state index is -0.588. The van der Waals surface area contributed by atoms with Crippen LogP contribution in [0.1, 0.15) is 31.1 Å². The lowest BCUT2D eigenvalue weighted by Gasteiger charge is -2.09. The van der Waals surface area contributed by atoms with E-state index < -0.39 is 6.04 Å². The van der Waals surface area contributed by atoms with Crippen LogP contribution in [0.5, 0.6) is 0 Å². The maximum atomic E-state index is 12.5. The molecule has 25 heavy (non-hydrogen) atoms. The molecule has 1 unspecified atom stereocenters. The Morgan fingerprint density at radius 1 is 1.24 bits per heavy atom. The van der Waals surface area contributed by atoms with Crippen LogP contribution in [0, 0.1) is 0 Å². The molecule has 1 aromatic carbocycles. The average molecular weight is 339 g/mol. The van der Waals surface area contributed by atoms with Gasteiger partial charge in [-0.2, -0.15) is 0 Å². The molecule has 1 N–H and O–H groups in total. The Morgan fingerprint density at radius 2 is 2.00 bits per heavy atom. The Balaban J connectivity index is 1.60. The van der Waals surface area contributed by atoms with Gasteiger partial charge < -0.3 is 5.32 Å². The van der Waals surface area contributed by atoms with Crippen molar-refractivity contribution in [2.75, 3.05) is 6.54 Å². The van der Waals surface area contributed by atoms with Crippen molar-refractivity contribution in [2.45, 2.75) is 32.4 Å². The number of amides is 3. The van der Waals surface area contributed by atoms with E-state index in [1.807, 2.05) is 62.5 Å². The van der Waals surface area contributed by atoms with Crippen molar-refractivity contribution >= 4 is 18.0 Å². The van der Waals surface area contributed by atoms with Gasteiger partial charge in [-0.3, -0.25) is 9.69 Å². The fourth-order valence-corrected chi connectivity index (χ4v) is 2.61. The molecule has 7 nitrogen and oxygen atoms in total. The summed E-state index contributed by atoms with van der Waals surface area (Å²) in [4.78, 5) is 25.7. The molecule has 3 rings (SSSR count). The Bertz CT molecular complexity index is 782. The van der Waals surface area contributed by atoms with Gasteiger partial charge in [-0.1, -0.05) is 47.7 Å². The number of benzene rings is 1. The summed E-state index contributed by atoms with van der Waals surface area (Å²) < 4.78 is 1.73. The molecule has 1 aromatic heterocycles. The summed E-state index contributed by atoms with van der Waals surface area (Å²) in [5.41, 5.74) is 1.71. The summed E-state index contributed by atoms with van der Waals surface area (Å²) in [6.45, 7) is 4.25. The van der Waals surface area contributed by atoms with Gasteiger partial charge in [-0.15, -0.1) is 5.10 Å². The van der Waals surface area contributed by atoms with Gasteiger partial charge in [-0.25, -0.2) is 9.48 Å². The van der Waals surface area contributed by atoms with E-state index in [9.17, 15) is 9.59 Å². The quantitative estimate of drug-likeness (QED) is 0.817. The minimum absolute atomic E-state index is 0.203. The summed E-state index contributed by atoms with van der Waals surface area (Å²) in [6.07, 6.45) is 5.85. The van der Waals surface area contributed by atoms with Crippen LogP contribution in [0.3, 0.4) is 0 Å². The van der Waals surface area contributed by atoms with Crippen molar-refractivity contribution < 1.29 is 9.59 Å². The number of urea groups is 1. The predicted molar refractivity (Wildman–Crippen MR) is 93.6 cm³/mol. The zero-order valence-corrected chi connectivity index (χ0v) is 14.3. The molecule has 1 aliphatic rings. The fourth-order valence-electron chi connectivity index (χ4n) is 2.61. The molecule has 2 heterocycles. The van der Waals surface area contributed by atoms with Gasteiger partial charge in [0, 0.05) is 25.2 Å². The molecule has 0 spiro atoms. The third-order valence-electron chi connectivity index (χ3n) is 4.00. The van der Waals surface area contributed by atoms with Gasteiger partial charge in [-0.05, 0) is 19.4 Å². The van der Waals surface area contributed by atoms with Gasteiger partial charge in [0.05, 0.1) is 5.69 Å². The van der Waals surface area contributed by atoms with E-state index in [0.717, 1.165) is 5.56 Å². The average Bonchev–Trinajstić information content (AvgIpc) is 3.16. The number of nitrogens with one attached hydrogen (secondary N) is 1. The molecule has 0 saturated carbocycles. The molecule has 1 atom stereocenters. The molecule has 2 aromatic rings. The van der Waals surface area contributed by atoms with Crippen LogP contribution in [0.15, 0.2) is 42.6 Å². The highest BCUT2D eigenvalue weighted by Gasteiger charge is 2.37. The third-order valence-corrected chi connectivity index (χ3v) is 4.00. The summed E-state index contributed by atoms with van der Waals surface area (Å²) in [6, 6.07) is 8.98. The smallest absolute Gasteiger partial charge is 0.325 e. The first-order chi connectivity index (χ1) is 12.0. The van der Waals surface area contributed by atoms with Crippen LogP contribution < -0.4 is 5.32 Å². The van der Waals surface area contributed by atoms with Gasteiger partial charge in [0.1, 0.15) is 6.04 Å². The van der Waals surface area contributed by atoms with Crippen molar-refractivity contribution in [2.24, 2.45) is 0 Å². The van der Waals surface area contributed by atoms with E-state index in [2.05, 4.69) is 15.6 Å². The summed E-state index contributed by atoms with van der Waals surface area (Å²) >= 11 is 0. The summed E-state index contributed by atoms with van der Waals surface area (Å²) in [5, 5.41) is 10.8. The van der Waals surface area contributed by atoms with Crippen molar-refractivity contribution in [1.82, 2.24) is 25.2 Å². The predicted octanol–water partition coefficient (Wildman–Crippen LogP) is 2.04. The minimum Gasteiger partial charge on any atom is -0.325 e. The molecule has 1 fully saturated rings. The van der Waals surface area contributed by atoms with Crippen LogP contribution in [-0.4, -0.2) is 44.4 Å². The van der Waals surface area contributed by atoms with Crippen molar-refractivity contribution in [1.29, 1.82) is 0 Å². The summed E-state index contributed by atoms with van der Waals surface area (Å²) in [5.74, 6) is -0.234. The zero-order valence-electron chi connectivity index (χ0n) is 14.3. The monoisotopic (exact) mass is 339 g/mol. The van der Waals surface area contributed by atoms with Gasteiger partial charge in [0.25, 0.3) is 5.91 Å². The van der Waals surface area contributed by atoms with Crippen LogP contribution in [0.4, 0.5) is 4.79 Å². The second kappa shape index (κ2) is 7.29. The lowest BCUT2D eigenvalue weighted by molar-refractivity contribution is -0.127.